The van der Waals surface area contributed by atoms with E-state index in [9.17, 15) is 4.39 Å². The van der Waals surface area contributed by atoms with Gasteiger partial charge in [0.1, 0.15) is 11.6 Å². The minimum Gasteiger partial charge on any atom is -0.496 e. The number of hydrogen-bond acceptors (Lipinski definition) is 2. The van der Waals surface area contributed by atoms with E-state index in [0.717, 1.165) is 18.7 Å². The molecule has 0 aromatic heterocycles. The van der Waals surface area contributed by atoms with Crippen LogP contribution < -0.4 is 4.74 Å². The highest BCUT2D eigenvalue weighted by atomic mass is 19.1. The van der Waals surface area contributed by atoms with Gasteiger partial charge >= 0.3 is 0 Å². The zero-order valence-corrected chi connectivity index (χ0v) is 10.0. The van der Waals surface area contributed by atoms with Gasteiger partial charge in [0.25, 0.3) is 0 Å². The van der Waals surface area contributed by atoms with Gasteiger partial charge in [-0.15, -0.1) is 0 Å². The number of nitrogens with zero attached hydrogens (tertiary/aromatic N) is 1. The molecule has 2 nitrogen and oxygen atoms in total. The van der Waals surface area contributed by atoms with Crippen molar-refractivity contribution in [2.45, 2.75) is 25.8 Å². The van der Waals surface area contributed by atoms with E-state index in [1.165, 1.54) is 12.1 Å². The van der Waals surface area contributed by atoms with Crippen molar-refractivity contribution in [3.05, 3.63) is 29.6 Å². The van der Waals surface area contributed by atoms with Crippen molar-refractivity contribution in [2.75, 3.05) is 20.2 Å². The molecule has 16 heavy (non-hydrogen) atoms. The van der Waals surface area contributed by atoms with E-state index in [1.54, 1.807) is 7.11 Å². The molecule has 2 rings (SSSR count). The Morgan fingerprint density at radius 3 is 2.62 bits per heavy atom. The molecule has 0 N–H and O–H groups in total. The molecule has 1 saturated heterocycles. The van der Waals surface area contributed by atoms with E-state index in [-0.39, 0.29) is 5.82 Å². The second-order valence-corrected chi connectivity index (χ2v) is 4.63. The van der Waals surface area contributed by atoms with Gasteiger partial charge < -0.3 is 4.74 Å². The number of likely N-dealkylation sites (tertiary alicyclic amines) is 1. The Labute approximate surface area is 96.0 Å². The first-order chi connectivity index (χ1) is 7.61. The third kappa shape index (κ3) is 2.05. The van der Waals surface area contributed by atoms with Crippen LogP contribution in [0.1, 0.15) is 25.3 Å². The summed E-state index contributed by atoms with van der Waals surface area (Å²) in [5.74, 6) is 0.923. The van der Waals surface area contributed by atoms with E-state index in [4.69, 9.17) is 4.74 Å². The van der Waals surface area contributed by atoms with Crippen LogP contribution in [-0.4, -0.2) is 31.1 Å². The molecule has 0 spiro atoms. The highest BCUT2D eigenvalue weighted by Crippen LogP contribution is 2.34. The van der Waals surface area contributed by atoms with Gasteiger partial charge in [-0.1, -0.05) is 6.07 Å². The van der Waals surface area contributed by atoms with Gasteiger partial charge in [-0.2, -0.15) is 0 Å². The lowest BCUT2D eigenvalue weighted by atomic mass is 9.89. The van der Waals surface area contributed by atoms with Crippen LogP contribution in [0.15, 0.2) is 18.2 Å². The molecular formula is C13H18FNO. The van der Waals surface area contributed by atoms with E-state index < -0.39 is 0 Å². The molecule has 0 radical (unpaired) electrons. The van der Waals surface area contributed by atoms with Crippen molar-refractivity contribution in [1.29, 1.82) is 0 Å². The third-order valence-electron chi connectivity index (χ3n) is 3.28. The first-order valence-electron chi connectivity index (χ1n) is 5.69. The second-order valence-electron chi connectivity index (χ2n) is 4.63. The molecule has 1 aliphatic heterocycles. The zero-order valence-electron chi connectivity index (χ0n) is 10.0. The fourth-order valence-corrected chi connectivity index (χ4v) is 2.15. The summed E-state index contributed by atoms with van der Waals surface area (Å²) in [7, 11) is 1.59. The lowest BCUT2D eigenvalue weighted by molar-refractivity contribution is 0.108. The molecule has 1 heterocycles. The second kappa shape index (κ2) is 4.42. The highest BCUT2D eigenvalue weighted by molar-refractivity contribution is 5.38. The van der Waals surface area contributed by atoms with Crippen LogP contribution in [0.4, 0.5) is 4.39 Å². The van der Waals surface area contributed by atoms with Gasteiger partial charge in [-0.25, -0.2) is 4.39 Å². The topological polar surface area (TPSA) is 12.5 Å². The van der Waals surface area contributed by atoms with E-state index >= 15 is 0 Å². The average molecular weight is 223 g/mol. The molecular weight excluding hydrogens is 205 g/mol. The van der Waals surface area contributed by atoms with Gasteiger partial charge in [0, 0.05) is 31.1 Å². The SMILES string of the molecule is COc1cc(F)ccc1C1CN(C(C)C)C1. The van der Waals surface area contributed by atoms with Crippen molar-refractivity contribution < 1.29 is 9.13 Å². The standard InChI is InChI=1S/C13H18FNO/c1-9(2)15-7-10(8-15)12-5-4-11(14)6-13(12)16-3/h4-6,9-10H,7-8H2,1-3H3. The summed E-state index contributed by atoms with van der Waals surface area (Å²) in [6, 6.07) is 5.41. The van der Waals surface area contributed by atoms with Gasteiger partial charge in [0.05, 0.1) is 7.11 Å². The van der Waals surface area contributed by atoms with Crippen LogP contribution in [-0.2, 0) is 0 Å². The fraction of sp³-hybridized carbons (Fsp3) is 0.538. The summed E-state index contributed by atoms with van der Waals surface area (Å²) in [5, 5.41) is 0. The normalized spacial score (nSPS) is 17.6. The van der Waals surface area contributed by atoms with Crippen LogP contribution in [0.25, 0.3) is 0 Å². The molecule has 0 bridgehead atoms. The minimum atomic E-state index is -0.236. The molecule has 0 atom stereocenters. The van der Waals surface area contributed by atoms with Gasteiger partial charge in [0.15, 0.2) is 0 Å². The van der Waals surface area contributed by atoms with Crippen molar-refractivity contribution in [2.24, 2.45) is 0 Å². The van der Waals surface area contributed by atoms with Crippen molar-refractivity contribution in [1.82, 2.24) is 4.90 Å². The maximum atomic E-state index is 13.0. The monoisotopic (exact) mass is 223 g/mol. The lowest BCUT2D eigenvalue weighted by Crippen LogP contribution is -2.48. The van der Waals surface area contributed by atoms with Crippen molar-refractivity contribution in [3.63, 3.8) is 0 Å². The maximum Gasteiger partial charge on any atom is 0.126 e. The largest absolute Gasteiger partial charge is 0.496 e. The Hall–Kier alpha value is -1.09. The number of hydrogen-bond donors (Lipinski definition) is 0. The Morgan fingerprint density at radius 2 is 2.06 bits per heavy atom. The highest BCUT2D eigenvalue weighted by Gasteiger charge is 2.31. The molecule has 1 aromatic rings. The molecule has 0 amide bonds. The Bertz CT molecular complexity index is 372. The summed E-state index contributed by atoms with van der Waals surface area (Å²) < 4.78 is 18.3. The molecule has 1 aliphatic rings. The molecule has 0 unspecified atom stereocenters. The number of methoxy groups -OCH3 is 1. The lowest BCUT2D eigenvalue weighted by Gasteiger charge is -2.42. The zero-order chi connectivity index (χ0) is 11.7. The summed E-state index contributed by atoms with van der Waals surface area (Å²) in [6.07, 6.45) is 0. The van der Waals surface area contributed by atoms with Crippen LogP contribution in [0, 0.1) is 5.82 Å². The van der Waals surface area contributed by atoms with E-state index in [1.807, 2.05) is 6.07 Å². The smallest absolute Gasteiger partial charge is 0.126 e. The molecule has 1 fully saturated rings. The first-order valence-corrected chi connectivity index (χ1v) is 5.69. The number of ether oxygens (including phenoxy) is 1. The predicted octanol–water partition coefficient (Wildman–Crippen LogP) is 2.64. The van der Waals surface area contributed by atoms with Crippen LogP contribution in [0.5, 0.6) is 5.75 Å². The number of benzene rings is 1. The Morgan fingerprint density at radius 1 is 1.38 bits per heavy atom. The summed E-state index contributed by atoms with van der Waals surface area (Å²) in [6.45, 7) is 6.47. The molecule has 0 aliphatic carbocycles. The fourth-order valence-electron chi connectivity index (χ4n) is 2.15. The van der Waals surface area contributed by atoms with Gasteiger partial charge in [0.2, 0.25) is 0 Å². The first kappa shape index (κ1) is 11.4. The summed E-state index contributed by atoms with van der Waals surface area (Å²) in [4.78, 5) is 2.40. The number of rotatable bonds is 3. The molecule has 88 valence electrons. The molecule has 3 heteroatoms. The van der Waals surface area contributed by atoms with E-state index in [2.05, 4.69) is 18.7 Å². The minimum absolute atomic E-state index is 0.236. The van der Waals surface area contributed by atoms with Gasteiger partial charge in [-0.3, -0.25) is 4.90 Å². The Balaban J connectivity index is 2.11. The van der Waals surface area contributed by atoms with Crippen LogP contribution in [0.3, 0.4) is 0 Å². The predicted molar refractivity (Wildman–Crippen MR) is 62.4 cm³/mol. The van der Waals surface area contributed by atoms with Gasteiger partial charge in [-0.05, 0) is 25.5 Å². The summed E-state index contributed by atoms with van der Waals surface area (Å²) in [5.41, 5.74) is 1.13. The van der Waals surface area contributed by atoms with Crippen LogP contribution in [0.2, 0.25) is 0 Å². The Kier molecular flexibility index (Phi) is 3.15. The average Bonchev–Trinajstić information content (AvgIpc) is 2.17. The maximum absolute atomic E-state index is 13.0. The quantitative estimate of drug-likeness (QED) is 0.781. The number of halogens is 1. The van der Waals surface area contributed by atoms with Crippen molar-refractivity contribution in [3.8, 4) is 5.75 Å². The van der Waals surface area contributed by atoms with Crippen LogP contribution >= 0.6 is 0 Å². The molecule has 0 saturated carbocycles. The molecule has 1 aromatic carbocycles. The van der Waals surface area contributed by atoms with Crippen molar-refractivity contribution >= 4 is 0 Å². The summed E-state index contributed by atoms with van der Waals surface area (Å²) >= 11 is 0. The third-order valence-corrected chi connectivity index (χ3v) is 3.28. The van der Waals surface area contributed by atoms with E-state index in [0.29, 0.717) is 17.7 Å².